The molecule has 0 radical (unpaired) electrons. The molecule has 0 spiro atoms. The van der Waals surface area contributed by atoms with Crippen LogP contribution in [0.2, 0.25) is 0 Å². The van der Waals surface area contributed by atoms with Gasteiger partial charge in [-0.05, 0) is 0 Å². The van der Waals surface area contributed by atoms with Crippen molar-refractivity contribution in [1.29, 1.82) is 0 Å². The van der Waals surface area contributed by atoms with E-state index in [0.717, 1.165) is 16.7 Å². The van der Waals surface area contributed by atoms with Gasteiger partial charge in [0, 0.05) is 0 Å². The van der Waals surface area contributed by atoms with Crippen molar-refractivity contribution in [1.82, 2.24) is 0 Å². The summed E-state index contributed by atoms with van der Waals surface area (Å²) in [7, 11) is 0. The molecule has 0 aromatic heterocycles. The van der Waals surface area contributed by atoms with Crippen LogP contribution in [-0.4, -0.2) is 0 Å². The van der Waals surface area contributed by atoms with Crippen molar-refractivity contribution in [2.24, 2.45) is 0 Å². The van der Waals surface area contributed by atoms with Crippen LogP contribution in [0.1, 0.15) is 16.7 Å². The molecular formula is C19H15OTi. The first-order chi connectivity index (χ1) is 10.4. The normalized spacial score (nSPS) is 11.2. The van der Waals surface area contributed by atoms with Crippen molar-refractivity contribution in [3.8, 4) is 0 Å². The number of hydrogen-bond donors (Lipinski definition) is 0. The van der Waals surface area contributed by atoms with Gasteiger partial charge in [-0.3, -0.25) is 0 Å². The van der Waals surface area contributed by atoms with Gasteiger partial charge in [-0.25, -0.2) is 0 Å². The first-order valence-corrected chi connectivity index (χ1v) is 7.53. The van der Waals surface area contributed by atoms with Crippen LogP contribution < -0.4 is 0 Å². The molecule has 0 amide bonds. The van der Waals surface area contributed by atoms with Crippen LogP contribution in [-0.2, 0) is 29.7 Å². The Morgan fingerprint density at radius 1 is 0.524 bits per heavy atom. The average Bonchev–Trinajstić information content (AvgIpc) is 2.59. The molecule has 3 rings (SSSR count). The van der Waals surface area contributed by atoms with E-state index in [2.05, 4.69) is 72.8 Å². The standard InChI is InChI=1S/C19H15O.Ti/c20-19(16-10-4-1-5-11-16,17-12-6-2-7-13-17)18-14-8-3-9-15-18;/h1-15H;/q-1;+1. The van der Waals surface area contributed by atoms with Crippen LogP contribution in [0.4, 0.5) is 0 Å². The molecule has 0 heterocycles. The van der Waals surface area contributed by atoms with Gasteiger partial charge in [0.05, 0.1) is 0 Å². The number of hydrogen-bond acceptors (Lipinski definition) is 1. The van der Waals surface area contributed by atoms with Gasteiger partial charge >= 0.3 is 137 Å². The Hall–Kier alpha value is -1.67. The van der Waals surface area contributed by atoms with Gasteiger partial charge in [0.25, 0.3) is 0 Å². The zero-order chi connectivity index (χ0) is 14.5. The van der Waals surface area contributed by atoms with Crippen LogP contribution in [0.5, 0.6) is 0 Å². The Morgan fingerprint density at radius 2 is 0.810 bits per heavy atom. The predicted octanol–water partition coefficient (Wildman–Crippen LogP) is 4.46. The number of rotatable bonds is 4. The molecule has 21 heavy (non-hydrogen) atoms. The zero-order valence-corrected chi connectivity index (χ0v) is 13.1. The van der Waals surface area contributed by atoms with Crippen molar-refractivity contribution in [3.05, 3.63) is 108 Å². The summed E-state index contributed by atoms with van der Waals surface area (Å²) in [6.45, 7) is 0. The topological polar surface area (TPSA) is 9.23 Å². The fourth-order valence-electron chi connectivity index (χ4n) is 2.70. The quantitative estimate of drug-likeness (QED) is 0.511. The van der Waals surface area contributed by atoms with Crippen molar-refractivity contribution in [2.45, 2.75) is 5.60 Å². The minimum atomic E-state index is -0.580. The van der Waals surface area contributed by atoms with E-state index in [-0.39, 0.29) is 0 Å². The van der Waals surface area contributed by atoms with Gasteiger partial charge in [0.2, 0.25) is 0 Å². The van der Waals surface area contributed by atoms with Gasteiger partial charge in [-0.15, -0.1) is 0 Å². The molecule has 0 fully saturated rings. The molecule has 0 N–H and O–H groups in total. The van der Waals surface area contributed by atoms with Gasteiger partial charge in [0.15, 0.2) is 0 Å². The SMILES string of the molecule is [Ti][O]C(c1ccccc1)(c1ccccc1)c1ccccc1. The summed E-state index contributed by atoms with van der Waals surface area (Å²) in [4.78, 5) is 0. The Kier molecular flexibility index (Phi) is 4.35. The summed E-state index contributed by atoms with van der Waals surface area (Å²) >= 11 is 1.77. The molecule has 0 saturated carbocycles. The van der Waals surface area contributed by atoms with E-state index in [4.69, 9.17) is 3.32 Å². The molecule has 3 aromatic rings. The third-order valence-corrected chi connectivity index (χ3v) is 4.17. The van der Waals surface area contributed by atoms with E-state index < -0.39 is 5.60 Å². The number of benzene rings is 3. The van der Waals surface area contributed by atoms with E-state index in [1.807, 2.05) is 18.2 Å². The van der Waals surface area contributed by atoms with Gasteiger partial charge in [-0.2, -0.15) is 0 Å². The fraction of sp³-hybridized carbons (Fsp3) is 0.0526. The van der Waals surface area contributed by atoms with Gasteiger partial charge in [-0.1, -0.05) is 0 Å². The fourth-order valence-corrected chi connectivity index (χ4v) is 3.25. The van der Waals surface area contributed by atoms with Crippen molar-refractivity contribution < 1.29 is 24.1 Å². The summed E-state index contributed by atoms with van der Waals surface area (Å²) in [6, 6.07) is 31.1. The summed E-state index contributed by atoms with van der Waals surface area (Å²) in [5.41, 5.74) is 2.81. The second-order valence-corrected chi connectivity index (χ2v) is 5.20. The summed E-state index contributed by atoms with van der Waals surface area (Å²) in [5.74, 6) is 0. The molecule has 3 aromatic carbocycles. The molecule has 1 nitrogen and oxygen atoms in total. The monoisotopic (exact) mass is 307 g/mol. The van der Waals surface area contributed by atoms with Crippen molar-refractivity contribution in [2.75, 3.05) is 0 Å². The first-order valence-electron chi connectivity index (χ1n) is 6.89. The molecule has 0 atom stereocenters. The maximum absolute atomic E-state index is 6.10. The van der Waals surface area contributed by atoms with E-state index in [9.17, 15) is 0 Å². The molecular weight excluding hydrogens is 292 g/mol. The van der Waals surface area contributed by atoms with Crippen LogP contribution in [0.15, 0.2) is 91.0 Å². The molecule has 2 heteroatoms. The zero-order valence-electron chi connectivity index (χ0n) is 11.6. The average molecular weight is 307 g/mol. The van der Waals surface area contributed by atoms with Crippen LogP contribution in [0.25, 0.3) is 0 Å². The van der Waals surface area contributed by atoms with Crippen molar-refractivity contribution in [3.63, 3.8) is 0 Å². The predicted molar refractivity (Wildman–Crippen MR) is 80.3 cm³/mol. The van der Waals surface area contributed by atoms with Crippen LogP contribution in [0.3, 0.4) is 0 Å². The summed E-state index contributed by atoms with van der Waals surface area (Å²) in [5, 5.41) is 0. The van der Waals surface area contributed by atoms with Crippen molar-refractivity contribution >= 4 is 0 Å². The molecule has 0 saturated heterocycles. The summed E-state index contributed by atoms with van der Waals surface area (Å²) < 4.78 is 6.10. The molecule has 0 aliphatic carbocycles. The van der Waals surface area contributed by atoms with E-state index >= 15 is 0 Å². The van der Waals surface area contributed by atoms with Gasteiger partial charge in [0.1, 0.15) is 0 Å². The molecule has 0 unspecified atom stereocenters. The molecule has 0 aliphatic rings. The van der Waals surface area contributed by atoms with Crippen LogP contribution >= 0.6 is 0 Å². The Morgan fingerprint density at radius 3 is 1.05 bits per heavy atom. The second-order valence-electron chi connectivity index (χ2n) is 4.88. The van der Waals surface area contributed by atoms with E-state index in [1.165, 1.54) is 0 Å². The maximum atomic E-state index is 6.10. The molecule has 0 aliphatic heterocycles. The summed E-state index contributed by atoms with van der Waals surface area (Å²) in [6.07, 6.45) is 0. The Labute approximate surface area is 137 Å². The van der Waals surface area contributed by atoms with E-state index in [1.54, 1.807) is 20.8 Å². The molecule has 101 valence electrons. The first kappa shape index (κ1) is 14.3. The molecule has 0 bridgehead atoms. The third-order valence-electron chi connectivity index (χ3n) is 3.69. The van der Waals surface area contributed by atoms with Crippen LogP contribution in [0, 0.1) is 0 Å². The second kappa shape index (κ2) is 6.40. The van der Waals surface area contributed by atoms with Gasteiger partial charge < -0.3 is 0 Å². The Balaban J connectivity index is 2.29. The minimum absolute atomic E-state index is 0.580. The Bertz CT molecular complexity index is 584. The van der Waals surface area contributed by atoms with E-state index in [0.29, 0.717) is 0 Å². The third kappa shape index (κ3) is 2.60.